The summed E-state index contributed by atoms with van der Waals surface area (Å²) in [5.41, 5.74) is 0. The molecule has 0 spiro atoms. The van der Waals surface area contributed by atoms with Crippen LogP contribution in [0.4, 0.5) is 11.6 Å². The van der Waals surface area contributed by atoms with Crippen molar-refractivity contribution in [2.75, 3.05) is 35.8 Å². The Balaban J connectivity index is 2.07. The number of hydrogen-bond acceptors (Lipinski definition) is 7. The SMILES string of the molecule is CCNc1cc(NC2CCS(=O)(=O)CC2)nc(COC)n1. The third-order valence-corrected chi connectivity index (χ3v) is 5.03. The molecule has 0 radical (unpaired) electrons. The van der Waals surface area contributed by atoms with Crippen LogP contribution in [0.2, 0.25) is 0 Å². The minimum absolute atomic E-state index is 0.133. The van der Waals surface area contributed by atoms with Crippen LogP contribution in [0.3, 0.4) is 0 Å². The zero-order valence-corrected chi connectivity index (χ0v) is 13.2. The van der Waals surface area contributed by atoms with Gasteiger partial charge in [0.25, 0.3) is 0 Å². The van der Waals surface area contributed by atoms with Crippen LogP contribution < -0.4 is 10.6 Å². The molecule has 0 aromatic carbocycles. The number of rotatable bonds is 6. The summed E-state index contributed by atoms with van der Waals surface area (Å²) in [6, 6.07) is 1.97. The first-order chi connectivity index (χ1) is 10.0. The normalized spacial score (nSPS) is 18.4. The fraction of sp³-hybridized carbons (Fsp3) is 0.692. The number of anilines is 2. The van der Waals surface area contributed by atoms with E-state index in [0.29, 0.717) is 31.1 Å². The molecule has 1 aliphatic rings. The maximum absolute atomic E-state index is 11.4. The average molecular weight is 314 g/mol. The molecule has 7 nitrogen and oxygen atoms in total. The van der Waals surface area contributed by atoms with E-state index in [1.807, 2.05) is 13.0 Å². The molecule has 2 heterocycles. The van der Waals surface area contributed by atoms with E-state index in [4.69, 9.17) is 4.74 Å². The fourth-order valence-corrected chi connectivity index (χ4v) is 3.77. The van der Waals surface area contributed by atoms with Crippen molar-refractivity contribution in [3.63, 3.8) is 0 Å². The molecule has 1 fully saturated rings. The Labute approximate surface area is 125 Å². The highest BCUT2D eigenvalue weighted by molar-refractivity contribution is 7.91. The van der Waals surface area contributed by atoms with Gasteiger partial charge in [-0.1, -0.05) is 0 Å². The monoisotopic (exact) mass is 314 g/mol. The van der Waals surface area contributed by atoms with Gasteiger partial charge in [-0.15, -0.1) is 0 Å². The zero-order valence-electron chi connectivity index (χ0n) is 12.4. The topological polar surface area (TPSA) is 93.2 Å². The predicted octanol–water partition coefficient (Wildman–Crippen LogP) is 1.04. The van der Waals surface area contributed by atoms with E-state index in [9.17, 15) is 8.42 Å². The summed E-state index contributed by atoms with van der Waals surface area (Å²) < 4.78 is 28.0. The van der Waals surface area contributed by atoms with Crippen LogP contribution in [-0.2, 0) is 21.2 Å². The molecule has 1 aromatic heterocycles. The molecule has 1 aromatic rings. The maximum atomic E-state index is 11.4. The Morgan fingerprint density at radius 2 is 1.95 bits per heavy atom. The smallest absolute Gasteiger partial charge is 0.158 e. The summed E-state index contributed by atoms with van der Waals surface area (Å²) in [7, 11) is -1.25. The van der Waals surface area contributed by atoms with E-state index in [0.717, 1.165) is 12.4 Å². The van der Waals surface area contributed by atoms with Crippen molar-refractivity contribution in [2.24, 2.45) is 0 Å². The Hall–Kier alpha value is -1.41. The number of sulfone groups is 1. The number of hydrogen-bond donors (Lipinski definition) is 2. The number of methoxy groups -OCH3 is 1. The molecule has 2 rings (SSSR count). The van der Waals surface area contributed by atoms with Crippen LogP contribution in [0.25, 0.3) is 0 Å². The minimum atomic E-state index is -2.85. The Morgan fingerprint density at radius 1 is 1.29 bits per heavy atom. The van der Waals surface area contributed by atoms with Crippen molar-refractivity contribution in [2.45, 2.75) is 32.4 Å². The highest BCUT2D eigenvalue weighted by atomic mass is 32.2. The average Bonchev–Trinajstić information content (AvgIpc) is 2.42. The predicted molar refractivity (Wildman–Crippen MR) is 82.2 cm³/mol. The largest absolute Gasteiger partial charge is 0.377 e. The van der Waals surface area contributed by atoms with E-state index in [1.165, 1.54) is 0 Å². The van der Waals surface area contributed by atoms with E-state index in [1.54, 1.807) is 7.11 Å². The van der Waals surface area contributed by atoms with E-state index < -0.39 is 9.84 Å². The van der Waals surface area contributed by atoms with Crippen molar-refractivity contribution >= 4 is 21.5 Å². The highest BCUT2D eigenvalue weighted by Crippen LogP contribution is 2.18. The number of ether oxygens (including phenoxy) is 1. The molecule has 8 heteroatoms. The quantitative estimate of drug-likeness (QED) is 0.810. The van der Waals surface area contributed by atoms with Crippen molar-refractivity contribution in [1.82, 2.24) is 9.97 Å². The van der Waals surface area contributed by atoms with E-state index >= 15 is 0 Å². The summed E-state index contributed by atoms with van der Waals surface area (Å²) in [6.45, 7) is 3.11. The first-order valence-electron chi connectivity index (χ1n) is 7.10. The molecule has 118 valence electrons. The Kier molecular flexibility index (Phi) is 5.35. The van der Waals surface area contributed by atoms with Gasteiger partial charge in [0, 0.05) is 25.8 Å². The second-order valence-corrected chi connectivity index (χ2v) is 7.39. The van der Waals surface area contributed by atoms with Crippen LogP contribution in [0.5, 0.6) is 0 Å². The number of nitrogens with zero attached hydrogens (tertiary/aromatic N) is 2. The van der Waals surface area contributed by atoms with E-state index in [-0.39, 0.29) is 17.5 Å². The number of nitrogens with one attached hydrogen (secondary N) is 2. The number of aromatic nitrogens is 2. The first kappa shape index (κ1) is 16.0. The van der Waals surface area contributed by atoms with Crippen molar-refractivity contribution < 1.29 is 13.2 Å². The zero-order chi connectivity index (χ0) is 15.3. The summed E-state index contributed by atoms with van der Waals surface area (Å²) >= 11 is 0. The van der Waals surface area contributed by atoms with E-state index in [2.05, 4.69) is 20.6 Å². The van der Waals surface area contributed by atoms with Crippen molar-refractivity contribution in [3.05, 3.63) is 11.9 Å². The Morgan fingerprint density at radius 3 is 2.57 bits per heavy atom. The Bertz CT molecular complexity index is 539. The van der Waals surface area contributed by atoms with Crippen LogP contribution in [0, 0.1) is 0 Å². The maximum Gasteiger partial charge on any atom is 0.158 e. The molecular formula is C13H22N4O3S. The summed E-state index contributed by atoms with van der Waals surface area (Å²) in [5.74, 6) is 2.52. The van der Waals surface area contributed by atoms with Gasteiger partial charge >= 0.3 is 0 Å². The molecule has 0 bridgehead atoms. The third kappa shape index (κ3) is 4.82. The standard InChI is InChI=1S/C13H22N4O3S/c1-3-14-11-8-12(17-13(16-11)9-20-2)15-10-4-6-21(18,19)7-5-10/h8,10H,3-7,9H2,1-2H3,(H2,14,15,16,17). The second-order valence-electron chi connectivity index (χ2n) is 5.09. The molecule has 0 amide bonds. The van der Waals surface area contributed by atoms with Gasteiger partial charge in [0.2, 0.25) is 0 Å². The first-order valence-corrected chi connectivity index (χ1v) is 8.92. The lowest BCUT2D eigenvalue weighted by Crippen LogP contribution is -2.32. The van der Waals surface area contributed by atoms with Crippen molar-refractivity contribution in [3.8, 4) is 0 Å². The lowest BCUT2D eigenvalue weighted by atomic mass is 10.1. The van der Waals surface area contributed by atoms with Gasteiger partial charge in [0.1, 0.15) is 28.1 Å². The molecule has 21 heavy (non-hydrogen) atoms. The second kappa shape index (κ2) is 7.04. The summed E-state index contributed by atoms with van der Waals surface area (Å²) in [6.07, 6.45) is 1.23. The van der Waals surface area contributed by atoms with Gasteiger partial charge in [0.05, 0.1) is 11.5 Å². The third-order valence-electron chi connectivity index (χ3n) is 3.31. The molecule has 0 unspecified atom stereocenters. The van der Waals surface area contributed by atoms with Crippen LogP contribution in [-0.4, -0.2) is 49.6 Å². The van der Waals surface area contributed by atoms with Crippen LogP contribution in [0.1, 0.15) is 25.6 Å². The highest BCUT2D eigenvalue weighted by Gasteiger charge is 2.23. The lowest BCUT2D eigenvalue weighted by Gasteiger charge is -2.23. The van der Waals surface area contributed by atoms with Crippen molar-refractivity contribution in [1.29, 1.82) is 0 Å². The minimum Gasteiger partial charge on any atom is -0.377 e. The molecular weight excluding hydrogens is 292 g/mol. The summed E-state index contributed by atoms with van der Waals surface area (Å²) in [4.78, 5) is 8.75. The van der Waals surface area contributed by atoms with Gasteiger partial charge in [-0.25, -0.2) is 18.4 Å². The fourth-order valence-electron chi connectivity index (χ4n) is 2.28. The molecule has 0 saturated carbocycles. The summed E-state index contributed by atoms with van der Waals surface area (Å²) in [5, 5.41) is 6.46. The van der Waals surface area contributed by atoms with Gasteiger partial charge in [-0.3, -0.25) is 0 Å². The molecule has 1 aliphatic heterocycles. The molecule has 2 N–H and O–H groups in total. The van der Waals surface area contributed by atoms with Crippen LogP contribution in [0.15, 0.2) is 6.07 Å². The molecule has 0 atom stereocenters. The van der Waals surface area contributed by atoms with Gasteiger partial charge in [0.15, 0.2) is 5.82 Å². The van der Waals surface area contributed by atoms with Gasteiger partial charge in [-0.2, -0.15) is 0 Å². The van der Waals surface area contributed by atoms with Gasteiger partial charge < -0.3 is 15.4 Å². The molecule has 1 saturated heterocycles. The molecule has 0 aliphatic carbocycles. The van der Waals surface area contributed by atoms with Crippen LogP contribution >= 0.6 is 0 Å². The van der Waals surface area contributed by atoms with Gasteiger partial charge in [-0.05, 0) is 19.8 Å². The lowest BCUT2D eigenvalue weighted by molar-refractivity contribution is 0.178.